The Morgan fingerprint density at radius 2 is 0.857 bits per heavy atom. The van der Waals surface area contributed by atoms with E-state index in [0.717, 1.165) is 19.5 Å². The molecule has 0 aromatic heterocycles. The topological polar surface area (TPSA) is 3.24 Å². The van der Waals surface area contributed by atoms with Crippen LogP contribution >= 0.6 is 0 Å². The molecule has 28 heavy (non-hydrogen) atoms. The average molecular weight is 364 g/mol. The molecule has 0 saturated heterocycles. The van der Waals surface area contributed by atoms with Gasteiger partial charge in [0, 0.05) is 18.8 Å². The van der Waals surface area contributed by atoms with E-state index in [1.807, 2.05) is 0 Å². The number of benzene rings is 4. The zero-order valence-electron chi connectivity index (χ0n) is 16.0. The minimum Gasteiger partial charge on any atom is -0.363 e. The van der Waals surface area contributed by atoms with Crippen molar-refractivity contribution in [1.29, 1.82) is 0 Å². The Balaban J connectivity index is 1.67. The van der Waals surface area contributed by atoms with Gasteiger partial charge in [0.25, 0.3) is 0 Å². The van der Waals surface area contributed by atoms with Crippen LogP contribution in [0.15, 0.2) is 115 Å². The van der Waals surface area contributed by atoms with Crippen molar-refractivity contribution < 1.29 is 0 Å². The molecule has 138 valence electrons. The lowest BCUT2D eigenvalue weighted by Gasteiger charge is -2.28. The van der Waals surface area contributed by atoms with Crippen LogP contribution in [0.2, 0.25) is 0 Å². The van der Waals surface area contributed by atoms with Gasteiger partial charge in [-0.05, 0) is 34.7 Å². The summed E-state index contributed by atoms with van der Waals surface area (Å²) in [7, 11) is 0. The lowest BCUT2D eigenvalue weighted by atomic mass is 10.0. The van der Waals surface area contributed by atoms with Crippen LogP contribution in [0.5, 0.6) is 0 Å². The van der Waals surface area contributed by atoms with E-state index in [1.54, 1.807) is 0 Å². The summed E-state index contributed by atoms with van der Waals surface area (Å²) in [4.78, 5) is 2.49. The lowest BCUT2D eigenvalue weighted by Crippen LogP contribution is -2.23. The number of anilines is 1. The molecule has 4 rings (SSSR count). The zero-order valence-corrected chi connectivity index (χ0v) is 16.0. The Hall–Kier alpha value is -3.32. The second kappa shape index (κ2) is 9.05. The molecule has 0 heterocycles. The van der Waals surface area contributed by atoms with E-state index in [4.69, 9.17) is 0 Å². The van der Waals surface area contributed by atoms with Crippen LogP contribution in [0.4, 0.5) is 5.69 Å². The predicted octanol–water partition coefficient (Wildman–Crippen LogP) is 6.48. The first-order chi connectivity index (χ1) is 13.9. The zero-order chi connectivity index (χ0) is 19.0. The fourth-order valence-corrected chi connectivity index (χ4v) is 3.62. The van der Waals surface area contributed by atoms with Crippen LogP contribution in [0.25, 0.3) is 0 Å². The third-order valence-electron chi connectivity index (χ3n) is 5.00. The van der Waals surface area contributed by atoms with Gasteiger partial charge >= 0.3 is 0 Å². The van der Waals surface area contributed by atoms with Gasteiger partial charge in [-0.3, -0.25) is 0 Å². The first kappa shape index (κ1) is 18.1. The van der Waals surface area contributed by atoms with E-state index in [1.165, 1.54) is 27.9 Å². The highest BCUT2D eigenvalue weighted by molar-refractivity contribution is 5.56. The normalized spacial score (nSPS) is 10.6. The molecular formula is C27H25N. The number of rotatable bonds is 7. The van der Waals surface area contributed by atoms with Gasteiger partial charge in [0.2, 0.25) is 0 Å². The minimum absolute atomic E-state index is 0.890. The van der Waals surface area contributed by atoms with E-state index in [2.05, 4.69) is 120 Å². The SMILES string of the molecule is c1ccc(Cc2ccccc2N(Cc2ccccc2)Cc2ccccc2)cc1. The van der Waals surface area contributed by atoms with E-state index in [9.17, 15) is 0 Å². The van der Waals surface area contributed by atoms with Gasteiger partial charge in [0.15, 0.2) is 0 Å². The smallest absolute Gasteiger partial charge is 0.0433 e. The summed E-state index contributed by atoms with van der Waals surface area (Å²) in [5.41, 5.74) is 6.66. The molecule has 4 aromatic rings. The van der Waals surface area contributed by atoms with Crippen molar-refractivity contribution in [2.75, 3.05) is 4.90 Å². The molecular weight excluding hydrogens is 338 g/mol. The molecule has 1 nitrogen and oxygen atoms in total. The highest BCUT2D eigenvalue weighted by atomic mass is 15.1. The maximum atomic E-state index is 2.49. The summed E-state index contributed by atoms with van der Waals surface area (Å²) < 4.78 is 0. The highest BCUT2D eigenvalue weighted by Crippen LogP contribution is 2.26. The number of hydrogen-bond acceptors (Lipinski definition) is 1. The molecule has 0 radical (unpaired) electrons. The van der Waals surface area contributed by atoms with Crippen molar-refractivity contribution in [3.05, 3.63) is 138 Å². The quantitative estimate of drug-likeness (QED) is 0.363. The molecule has 0 spiro atoms. The Bertz CT molecular complexity index is 937. The van der Waals surface area contributed by atoms with Crippen molar-refractivity contribution in [3.63, 3.8) is 0 Å². The summed E-state index contributed by atoms with van der Waals surface area (Å²) in [6.07, 6.45) is 0.942. The average Bonchev–Trinajstić information content (AvgIpc) is 2.76. The van der Waals surface area contributed by atoms with Gasteiger partial charge in [-0.2, -0.15) is 0 Å². The third kappa shape index (κ3) is 4.69. The summed E-state index contributed by atoms with van der Waals surface area (Å²) in [5, 5.41) is 0. The standard InChI is InChI=1S/C27H25N/c1-4-12-23(13-5-1)20-26-18-10-11-19-27(26)28(21-24-14-6-2-7-15-24)22-25-16-8-3-9-17-25/h1-19H,20-22H2. The Labute approximate surface area is 167 Å². The molecule has 0 unspecified atom stereocenters. The van der Waals surface area contributed by atoms with Crippen LogP contribution in [-0.2, 0) is 19.5 Å². The molecule has 0 atom stereocenters. The number of hydrogen-bond donors (Lipinski definition) is 0. The summed E-state index contributed by atoms with van der Waals surface area (Å²) >= 11 is 0. The Morgan fingerprint density at radius 3 is 1.39 bits per heavy atom. The van der Waals surface area contributed by atoms with Gasteiger partial charge < -0.3 is 4.90 Å². The number of para-hydroxylation sites is 1. The van der Waals surface area contributed by atoms with E-state index in [0.29, 0.717) is 0 Å². The van der Waals surface area contributed by atoms with E-state index < -0.39 is 0 Å². The number of nitrogens with zero attached hydrogens (tertiary/aromatic N) is 1. The fraction of sp³-hybridized carbons (Fsp3) is 0.111. The first-order valence-corrected chi connectivity index (χ1v) is 9.83. The van der Waals surface area contributed by atoms with Crippen LogP contribution in [0.3, 0.4) is 0 Å². The molecule has 0 aliphatic rings. The second-order valence-corrected chi connectivity index (χ2v) is 7.12. The predicted molar refractivity (Wildman–Crippen MR) is 118 cm³/mol. The first-order valence-electron chi connectivity index (χ1n) is 9.83. The van der Waals surface area contributed by atoms with Gasteiger partial charge in [-0.15, -0.1) is 0 Å². The van der Waals surface area contributed by atoms with E-state index in [-0.39, 0.29) is 0 Å². The summed E-state index contributed by atoms with van der Waals surface area (Å²) in [5.74, 6) is 0. The Morgan fingerprint density at radius 1 is 0.429 bits per heavy atom. The lowest BCUT2D eigenvalue weighted by molar-refractivity contribution is 0.794. The van der Waals surface area contributed by atoms with Gasteiger partial charge in [-0.1, -0.05) is 109 Å². The maximum Gasteiger partial charge on any atom is 0.0433 e. The van der Waals surface area contributed by atoms with Gasteiger partial charge in [0.1, 0.15) is 0 Å². The highest BCUT2D eigenvalue weighted by Gasteiger charge is 2.13. The largest absolute Gasteiger partial charge is 0.363 e. The monoisotopic (exact) mass is 363 g/mol. The van der Waals surface area contributed by atoms with Gasteiger partial charge in [-0.25, -0.2) is 0 Å². The van der Waals surface area contributed by atoms with E-state index >= 15 is 0 Å². The van der Waals surface area contributed by atoms with Crippen molar-refractivity contribution >= 4 is 5.69 Å². The summed E-state index contributed by atoms with van der Waals surface area (Å²) in [6.45, 7) is 1.78. The fourth-order valence-electron chi connectivity index (χ4n) is 3.62. The molecule has 0 amide bonds. The molecule has 4 aromatic carbocycles. The van der Waals surface area contributed by atoms with Crippen LogP contribution in [-0.4, -0.2) is 0 Å². The molecule has 0 aliphatic heterocycles. The van der Waals surface area contributed by atoms with Crippen LogP contribution in [0.1, 0.15) is 22.3 Å². The van der Waals surface area contributed by atoms with Crippen LogP contribution < -0.4 is 4.90 Å². The summed E-state index contributed by atoms with van der Waals surface area (Å²) in [6, 6.07) is 41.0. The molecule has 1 heteroatoms. The van der Waals surface area contributed by atoms with Crippen molar-refractivity contribution in [3.8, 4) is 0 Å². The van der Waals surface area contributed by atoms with Crippen molar-refractivity contribution in [2.45, 2.75) is 19.5 Å². The van der Waals surface area contributed by atoms with Gasteiger partial charge in [0.05, 0.1) is 0 Å². The van der Waals surface area contributed by atoms with Crippen molar-refractivity contribution in [2.24, 2.45) is 0 Å². The second-order valence-electron chi connectivity index (χ2n) is 7.12. The molecule has 0 fully saturated rings. The molecule has 0 bridgehead atoms. The van der Waals surface area contributed by atoms with Crippen LogP contribution in [0, 0.1) is 0 Å². The maximum absolute atomic E-state index is 2.49. The molecule has 0 N–H and O–H groups in total. The van der Waals surface area contributed by atoms with Crippen molar-refractivity contribution in [1.82, 2.24) is 0 Å². The molecule has 0 saturated carbocycles. The Kier molecular flexibility index (Phi) is 5.84. The third-order valence-corrected chi connectivity index (χ3v) is 5.00. The minimum atomic E-state index is 0.890. The molecule has 0 aliphatic carbocycles.